The molecule has 0 aromatic carbocycles. The molecule has 0 aromatic rings. The lowest BCUT2D eigenvalue weighted by Crippen LogP contribution is -2.57. The number of carboxylic acid groups (broad SMARTS) is 3. The Hall–Kier alpha value is -3.30. The van der Waals surface area contributed by atoms with Crippen LogP contribution in [0.15, 0.2) is 0 Å². The molecule has 0 saturated heterocycles. The van der Waals surface area contributed by atoms with E-state index in [-0.39, 0.29) is 12.8 Å². The monoisotopic (exact) mass is 518 g/mol. The fourth-order valence-corrected chi connectivity index (χ4v) is 3.13. The lowest BCUT2D eigenvalue weighted by atomic mass is 10.1. The second-order valence-corrected chi connectivity index (χ2v) is 8.23. The first-order valence-electron chi connectivity index (χ1n) is 11.7. The summed E-state index contributed by atoms with van der Waals surface area (Å²) >= 11 is 0. The Morgan fingerprint density at radius 3 is 1.61 bits per heavy atom. The summed E-state index contributed by atoms with van der Waals surface area (Å²) in [4.78, 5) is 71.6. The number of rotatable bonds is 20. The number of carboxylic acids is 3. The third-order valence-electron chi connectivity index (χ3n) is 5.16. The third kappa shape index (κ3) is 14.2. The maximum atomic E-state index is 12.8. The van der Waals surface area contributed by atoms with Crippen LogP contribution in [0.1, 0.15) is 57.8 Å². The fraction of sp³-hybridized carbons (Fsp3) is 0.714. The number of carbonyl (C=O) groups is 6. The minimum Gasteiger partial charge on any atom is -0.481 e. The van der Waals surface area contributed by atoms with Crippen LogP contribution < -0.4 is 33.2 Å². The topological polar surface area (TPSA) is 277 Å². The summed E-state index contributed by atoms with van der Waals surface area (Å²) in [7, 11) is 0. The van der Waals surface area contributed by atoms with Gasteiger partial charge in [0.25, 0.3) is 0 Å². The van der Waals surface area contributed by atoms with Crippen molar-refractivity contribution in [3.05, 3.63) is 0 Å². The highest BCUT2D eigenvalue weighted by molar-refractivity contribution is 5.95. The lowest BCUT2D eigenvalue weighted by Gasteiger charge is -2.24. The van der Waals surface area contributed by atoms with Crippen LogP contribution in [0.4, 0.5) is 0 Å². The minimum absolute atomic E-state index is 0.0532. The van der Waals surface area contributed by atoms with Crippen LogP contribution in [0.3, 0.4) is 0 Å². The van der Waals surface area contributed by atoms with E-state index in [0.29, 0.717) is 38.8 Å². The molecule has 0 heterocycles. The first-order chi connectivity index (χ1) is 16.9. The molecule has 0 aliphatic carbocycles. The van der Waals surface area contributed by atoms with Gasteiger partial charge in [0.05, 0.1) is 12.5 Å². The van der Waals surface area contributed by atoms with Gasteiger partial charge in [0, 0.05) is 6.42 Å². The predicted octanol–water partition coefficient (Wildman–Crippen LogP) is -2.55. The van der Waals surface area contributed by atoms with Gasteiger partial charge in [-0.05, 0) is 51.6 Å². The van der Waals surface area contributed by atoms with Crippen LogP contribution in [0, 0.1) is 0 Å². The molecule has 12 N–H and O–H groups in total. The minimum atomic E-state index is -1.62. The van der Waals surface area contributed by atoms with E-state index in [0.717, 1.165) is 0 Å². The number of aliphatic carboxylic acids is 3. The highest BCUT2D eigenvalue weighted by Crippen LogP contribution is 2.06. The van der Waals surface area contributed by atoms with Crippen LogP contribution in [0.25, 0.3) is 0 Å². The Morgan fingerprint density at radius 1 is 0.611 bits per heavy atom. The number of unbranched alkanes of at least 4 members (excludes halogenated alkanes) is 2. The van der Waals surface area contributed by atoms with Gasteiger partial charge in [0.1, 0.15) is 18.1 Å². The van der Waals surface area contributed by atoms with Gasteiger partial charge in [-0.1, -0.05) is 6.42 Å². The molecule has 0 rings (SSSR count). The summed E-state index contributed by atoms with van der Waals surface area (Å²) in [5.74, 6) is -6.86. The van der Waals surface area contributed by atoms with E-state index >= 15 is 0 Å². The second kappa shape index (κ2) is 18.0. The Morgan fingerprint density at radius 2 is 1.11 bits per heavy atom. The number of nitrogens with one attached hydrogen (secondary N) is 3. The Kier molecular flexibility index (Phi) is 16.4. The maximum absolute atomic E-state index is 12.8. The zero-order valence-electron chi connectivity index (χ0n) is 20.1. The van der Waals surface area contributed by atoms with Gasteiger partial charge in [-0.3, -0.25) is 24.0 Å². The highest BCUT2D eigenvalue weighted by atomic mass is 16.4. The molecule has 0 radical (unpaired) electrons. The van der Waals surface area contributed by atoms with E-state index in [1.807, 2.05) is 0 Å². The highest BCUT2D eigenvalue weighted by Gasteiger charge is 2.31. The summed E-state index contributed by atoms with van der Waals surface area (Å²) in [6, 6.07) is -5.46. The van der Waals surface area contributed by atoms with Crippen molar-refractivity contribution in [2.24, 2.45) is 17.2 Å². The molecule has 0 spiro atoms. The van der Waals surface area contributed by atoms with Gasteiger partial charge in [-0.2, -0.15) is 0 Å². The summed E-state index contributed by atoms with van der Waals surface area (Å²) in [6.07, 6.45) is 0.573. The molecule has 15 heteroatoms. The van der Waals surface area contributed by atoms with Crippen molar-refractivity contribution in [2.45, 2.75) is 82.0 Å². The first kappa shape index (κ1) is 32.7. The van der Waals surface area contributed by atoms with Crippen LogP contribution in [0.2, 0.25) is 0 Å². The predicted molar refractivity (Wildman–Crippen MR) is 126 cm³/mol. The Balaban J connectivity index is 5.48. The van der Waals surface area contributed by atoms with Crippen molar-refractivity contribution < 1.29 is 44.1 Å². The molecule has 0 aromatic heterocycles. The van der Waals surface area contributed by atoms with Crippen LogP contribution in [0.5, 0.6) is 0 Å². The van der Waals surface area contributed by atoms with Gasteiger partial charge in [0.2, 0.25) is 17.7 Å². The summed E-state index contributed by atoms with van der Waals surface area (Å²) in [6.45, 7) is 0.721. The molecule has 36 heavy (non-hydrogen) atoms. The third-order valence-corrected chi connectivity index (χ3v) is 5.16. The molecule has 15 nitrogen and oxygen atoms in total. The van der Waals surface area contributed by atoms with E-state index < -0.39 is 79.1 Å². The van der Waals surface area contributed by atoms with Gasteiger partial charge < -0.3 is 48.5 Å². The Bertz CT molecular complexity index is 764. The largest absolute Gasteiger partial charge is 0.481 e. The molecular weight excluding hydrogens is 480 g/mol. The average Bonchev–Trinajstić information content (AvgIpc) is 2.79. The molecule has 0 bridgehead atoms. The number of hydrogen-bond donors (Lipinski definition) is 9. The SMILES string of the molecule is NCCCCC(N)C(=O)NC(CC(=O)O)C(=O)NC(CCC(=O)O)C(=O)NC(CCCCN)C(=O)O. The van der Waals surface area contributed by atoms with Crippen LogP contribution in [-0.2, 0) is 28.8 Å². The normalized spacial score (nSPS) is 14.1. The molecule has 4 atom stereocenters. The van der Waals surface area contributed by atoms with Gasteiger partial charge in [-0.15, -0.1) is 0 Å². The molecule has 206 valence electrons. The summed E-state index contributed by atoms with van der Waals surface area (Å²) in [5, 5.41) is 34.2. The van der Waals surface area contributed by atoms with Crippen molar-refractivity contribution in [1.82, 2.24) is 16.0 Å². The zero-order valence-corrected chi connectivity index (χ0v) is 20.1. The summed E-state index contributed by atoms with van der Waals surface area (Å²) in [5.41, 5.74) is 16.6. The van der Waals surface area contributed by atoms with E-state index in [1.54, 1.807) is 0 Å². The zero-order chi connectivity index (χ0) is 27.7. The standard InChI is InChI=1S/C21H38N6O9/c22-9-3-1-5-12(24)18(32)27-15(11-17(30)31)20(34)25-13(7-8-16(28)29)19(33)26-14(21(35)36)6-2-4-10-23/h12-15H,1-11,22-24H2,(H,25,34)(H,26,33)(H,27,32)(H,28,29)(H,30,31)(H,35,36). The molecule has 0 aliphatic heterocycles. The van der Waals surface area contributed by atoms with Gasteiger partial charge in [-0.25, -0.2) is 4.79 Å². The first-order valence-corrected chi connectivity index (χ1v) is 11.7. The van der Waals surface area contributed by atoms with Gasteiger partial charge in [0.15, 0.2) is 0 Å². The second-order valence-electron chi connectivity index (χ2n) is 8.23. The number of hydrogen-bond acceptors (Lipinski definition) is 9. The fourth-order valence-electron chi connectivity index (χ4n) is 3.13. The van der Waals surface area contributed by atoms with E-state index in [1.165, 1.54) is 0 Å². The molecule has 3 amide bonds. The molecule has 0 aliphatic rings. The number of carbonyl (C=O) groups excluding carboxylic acids is 3. The van der Waals surface area contributed by atoms with E-state index in [4.69, 9.17) is 27.4 Å². The Labute approximate surface area is 208 Å². The maximum Gasteiger partial charge on any atom is 0.326 e. The molecule has 0 fully saturated rings. The quantitative estimate of drug-likeness (QED) is 0.0753. The van der Waals surface area contributed by atoms with Crippen LogP contribution >= 0.6 is 0 Å². The van der Waals surface area contributed by atoms with Crippen molar-refractivity contribution in [1.29, 1.82) is 0 Å². The van der Waals surface area contributed by atoms with E-state index in [2.05, 4.69) is 16.0 Å². The smallest absolute Gasteiger partial charge is 0.326 e. The van der Waals surface area contributed by atoms with E-state index in [9.17, 15) is 33.9 Å². The number of amides is 3. The van der Waals surface area contributed by atoms with Crippen molar-refractivity contribution >= 4 is 35.6 Å². The van der Waals surface area contributed by atoms with Crippen LogP contribution in [-0.4, -0.2) is 88.2 Å². The average molecular weight is 519 g/mol. The van der Waals surface area contributed by atoms with Crippen molar-refractivity contribution in [3.63, 3.8) is 0 Å². The van der Waals surface area contributed by atoms with Gasteiger partial charge >= 0.3 is 17.9 Å². The molecule has 0 saturated carbocycles. The molecular formula is C21H38N6O9. The summed E-state index contributed by atoms with van der Waals surface area (Å²) < 4.78 is 0. The van der Waals surface area contributed by atoms with Crippen molar-refractivity contribution in [2.75, 3.05) is 13.1 Å². The lowest BCUT2D eigenvalue weighted by molar-refractivity contribution is -0.143. The van der Waals surface area contributed by atoms with Crippen molar-refractivity contribution in [3.8, 4) is 0 Å². The molecule has 4 unspecified atom stereocenters. The number of nitrogens with two attached hydrogens (primary N) is 3.